The summed E-state index contributed by atoms with van der Waals surface area (Å²) in [6.45, 7) is 1.65. The zero-order chi connectivity index (χ0) is 17.0. The third kappa shape index (κ3) is 4.15. The maximum atomic E-state index is 12.1. The van der Waals surface area contributed by atoms with Gasteiger partial charge >= 0.3 is 0 Å². The van der Waals surface area contributed by atoms with Crippen LogP contribution in [-0.2, 0) is 0 Å². The van der Waals surface area contributed by atoms with Crippen molar-refractivity contribution in [3.63, 3.8) is 0 Å². The lowest BCUT2D eigenvalue weighted by molar-refractivity contribution is 0.0955. The number of methoxy groups -OCH3 is 1. The van der Waals surface area contributed by atoms with E-state index in [0.717, 1.165) is 0 Å². The average Bonchev–Trinajstić information content (AvgIpc) is 2.54. The predicted molar refractivity (Wildman–Crippen MR) is 90.8 cm³/mol. The van der Waals surface area contributed by atoms with Gasteiger partial charge < -0.3 is 9.84 Å². The minimum atomic E-state index is -0.496. The van der Waals surface area contributed by atoms with Crippen molar-refractivity contribution in [3.05, 3.63) is 57.6 Å². The summed E-state index contributed by atoms with van der Waals surface area (Å²) in [6.07, 6.45) is 0. The van der Waals surface area contributed by atoms with Gasteiger partial charge in [0.05, 0.1) is 23.4 Å². The molecule has 0 fully saturated rings. The van der Waals surface area contributed by atoms with Crippen molar-refractivity contribution in [1.29, 1.82) is 0 Å². The lowest BCUT2D eigenvalue weighted by atomic mass is 10.1. The van der Waals surface area contributed by atoms with Crippen LogP contribution >= 0.6 is 23.2 Å². The van der Waals surface area contributed by atoms with Gasteiger partial charge in [-0.05, 0) is 37.3 Å². The van der Waals surface area contributed by atoms with Crippen LogP contribution in [0.5, 0.6) is 11.5 Å². The Morgan fingerprint density at radius 3 is 2.57 bits per heavy atom. The Kier molecular flexibility index (Phi) is 5.47. The van der Waals surface area contributed by atoms with Crippen molar-refractivity contribution >= 4 is 34.8 Å². The van der Waals surface area contributed by atoms with Crippen molar-refractivity contribution in [1.82, 2.24) is 5.43 Å². The molecule has 5 nitrogen and oxygen atoms in total. The SMILES string of the molecule is COc1ccc(/C(C)=N/NC(=O)c2cc(Cl)ccc2Cl)c(O)c1. The van der Waals surface area contributed by atoms with Gasteiger partial charge in [0.2, 0.25) is 0 Å². The molecule has 2 aromatic rings. The lowest BCUT2D eigenvalue weighted by Gasteiger charge is -2.07. The molecule has 0 spiro atoms. The average molecular weight is 353 g/mol. The Morgan fingerprint density at radius 2 is 1.91 bits per heavy atom. The molecular formula is C16H14Cl2N2O3. The zero-order valence-electron chi connectivity index (χ0n) is 12.4. The molecule has 0 radical (unpaired) electrons. The van der Waals surface area contributed by atoms with Crippen LogP contribution in [0, 0.1) is 0 Å². The van der Waals surface area contributed by atoms with Crippen molar-refractivity contribution in [3.8, 4) is 11.5 Å². The standard InChI is InChI=1S/C16H14Cl2N2O3/c1-9(12-5-4-11(23-2)8-15(12)21)19-20-16(22)13-7-10(17)3-6-14(13)18/h3-8,21H,1-2H3,(H,20,22)/b19-9+. The monoisotopic (exact) mass is 352 g/mol. The van der Waals surface area contributed by atoms with E-state index in [0.29, 0.717) is 22.0 Å². The van der Waals surface area contributed by atoms with Crippen molar-refractivity contribution in [2.24, 2.45) is 5.10 Å². The maximum absolute atomic E-state index is 12.1. The molecule has 1 amide bonds. The number of nitrogens with one attached hydrogen (secondary N) is 1. The number of nitrogens with zero attached hydrogens (tertiary/aromatic N) is 1. The first kappa shape index (κ1) is 17.1. The molecule has 0 saturated carbocycles. The number of hydrogen-bond acceptors (Lipinski definition) is 4. The molecule has 0 unspecified atom stereocenters. The van der Waals surface area contributed by atoms with E-state index in [-0.39, 0.29) is 16.3 Å². The number of aromatic hydroxyl groups is 1. The van der Waals surface area contributed by atoms with Crippen LogP contribution in [0.2, 0.25) is 10.0 Å². The van der Waals surface area contributed by atoms with E-state index < -0.39 is 5.91 Å². The summed E-state index contributed by atoms with van der Waals surface area (Å²) in [7, 11) is 1.50. The van der Waals surface area contributed by atoms with E-state index >= 15 is 0 Å². The molecule has 0 saturated heterocycles. The summed E-state index contributed by atoms with van der Waals surface area (Å²) in [6, 6.07) is 9.36. The molecule has 23 heavy (non-hydrogen) atoms. The second kappa shape index (κ2) is 7.35. The maximum Gasteiger partial charge on any atom is 0.272 e. The number of phenols is 1. The largest absolute Gasteiger partial charge is 0.507 e. The summed E-state index contributed by atoms with van der Waals surface area (Å²) in [5.41, 5.74) is 3.50. The fraction of sp³-hybridized carbons (Fsp3) is 0.125. The fourth-order valence-corrected chi connectivity index (χ4v) is 2.25. The van der Waals surface area contributed by atoms with Gasteiger partial charge in [0.25, 0.3) is 5.91 Å². The first-order valence-electron chi connectivity index (χ1n) is 6.59. The first-order valence-corrected chi connectivity index (χ1v) is 7.35. The molecule has 0 aliphatic carbocycles. The summed E-state index contributed by atoms with van der Waals surface area (Å²) in [4.78, 5) is 12.1. The molecule has 0 bridgehead atoms. The third-order valence-electron chi connectivity index (χ3n) is 3.09. The number of hydrazone groups is 1. The van der Waals surface area contributed by atoms with Crippen molar-refractivity contribution in [2.45, 2.75) is 6.92 Å². The Balaban J connectivity index is 2.19. The van der Waals surface area contributed by atoms with Crippen molar-refractivity contribution < 1.29 is 14.6 Å². The lowest BCUT2D eigenvalue weighted by Crippen LogP contribution is -2.19. The Bertz CT molecular complexity index is 776. The van der Waals surface area contributed by atoms with Gasteiger partial charge in [-0.1, -0.05) is 23.2 Å². The predicted octanol–water partition coefficient (Wildman–Crippen LogP) is 3.86. The van der Waals surface area contributed by atoms with Crippen LogP contribution in [0.1, 0.15) is 22.8 Å². The minimum absolute atomic E-state index is 0.000590. The molecule has 2 aromatic carbocycles. The van der Waals surface area contributed by atoms with Crippen LogP contribution in [0.15, 0.2) is 41.5 Å². The molecule has 120 valence electrons. The first-order chi connectivity index (χ1) is 10.9. The highest BCUT2D eigenvalue weighted by atomic mass is 35.5. The van der Waals surface area contributed by atoms with Crippen LogP contribution in [0.4, 0.5) is 0 Å². The summed E-state index contributed by atoms with van der Waals surface area (Å²) < 4.78 is 5.01. The number of halogens is 2. The minimum Gasteiger partial charge on any atom is -0.507 e. The van der Waals surface area contributed by atoms with Gasteiger partial charge in [0.15, 0.2) is 0 Å². The molecule has 0 aliphatic rings. The molecular weight excluding hydrogens is 339 g/mol. The van der Waals surface area contributed by atoms with E-state index in [1.807, 2.05) is 0 Å². The molecule has 2 rings (SSSR count). The summed E-state index contributed by atoms with van der Waals surface area (Å²) >= 11 is 11.8. The second-order valence-corrected chi connectivity index (χ2v) is 5.49. The van der Waals surface area contributed by atoms with Crippen molar-refractivity contribution in [2.75, 3.05) is 7.11 Å². The number of amides is 1. The van der Waals surface area contributed by atoms with E-state index in [1.165, 1.54) is 25.3 Å². The van der Waals surface area contributed by atoms with Gasteiger partial charge in [0, 0.05) is 16.7 Å². The smallest absolute Gasteiger partial charge is 0.272 e. The number of rotatable bonds is 4. The normalized spacial score (nSPS) is 11.2. The van der Waals surface area contributed by atoms with E-state index in [2.05, 4.69) is 10.5 Å². The quantitative estimate of drug-likeness (QED) is 0.648. The number of benzene rings is 2. The summed E-state index contributed by atoms with van der Waals surface area (Å²) in [5.74, 6) is 0.0271. The van der Waals surface area contributed by atoms with Gasteiger partial charge in [-0.25, -0.2) is 5.43 Å². The highest BCUT2D eigenvalue weighted by molar-refractivity contribution is 6.35. The van der Waals surface area contributed by atoms with E-state index in [4.69, 9.17) is 27.9 Å². The van der Waals surface area contributed by atoms with Gasteiger partial charge in [-0.3, -0.25) is 4.79 Å². The van der Waals surface area contributed by atoms with Gasteiger partial charge in [0.1, 0.15) is 11.5 Å². The number of carbonyl (C=O) groups excluding carboxylic acids is 1. The fourth-order valence-electron chi connectivity index (χ4n) is 1.87. The molecule has 2 N–H and O–H groups in total. The Labute approximate surface area is 143 Å². The number of hydrogen-bond donors (Lipinski definition) is 2. The highest BCUT2D eigenvalue weighted by Gasteiger charge is 2.11. The Hall–Kier alpha value is -2.24. The molecule has 0 atom stereocenters. The zero-order valence-corrected chi connectivity index (χ0v) is 13.9. The van der Waals surface area contributed by atoms with Crippen LogP contribution in [-0.4, -0.2) is 23.8 Å². The third-order valence-corrected chi connectivity index (χ3v) is 3.66. The van der Waals surface area contributed by atoms with Gasteiger partial charge in [-0.15, -0.1) is 0 Å². The second-order valence-electron chi connectivity index (χ2n) is 4.65. The van der Waals surface area contributed by atoms with E-state index in [1.54, 1.807) is 25.1 Å². The molecule has 0 aromatic heterocycles. The van der Waals surface area contributed by atoms with Crippen LogP contribution in [0.25, 0.3) is 0 Å². The number of ether oxygens (including phenoxy) is 1. The molecule has 0 aliphatic heterocycles. The van der Waals surface area contributed by atoms with Gasteiger partial charge in [-0.2, -0.15) is 5.10 Å². The number of carbonyl (C=O) groups is 1. The molecule has 7 heteroatoms. The number of phenolic OH excluding ortho intramolecular Hbond substituents is 1. The summed E-state index contributed by atoms with van der Waals surface area (Å²) in [5, 5.41) is 14.6. The topological polar surface area (TPSA) is 70.9 Å². The van der Waals surface area contributed by atoms with E-state index in [9.17, 15) is 9.90 Å². The van der Waals surface area contributed by atoms with Crippen LogP contribution in [0.3, 0.4) is 0 Å². The van der Waals surface area contributed by atoms with Crippen LogP contribution < -0.4 is 10.2 Å². The highest BCUT2D eigenvalue weighted by Crippen LogP contribution is 2.24. The molecule has 0 heterocycles. The Morgan fingerprint density at radius 1 is 1.17 bits per heavy atom.